The highest BCUT2D eigenvalue weighted by Crippen LogP contribution is 2.57. The van der Waals surface area contributed by atoms with Gasteiger partial charge in [-0.2, -0.15) is 0 Å². The zero-order chi connectivity index (χ0) is 46.6. The normalized spacial score (nSPS) is 13.2. The van der Waals surface area contributed by atoms with Crippen LogP contribution in [0.1, 0.15) is 22.3 Å². The molecule has 0 N–H and O–H groups in total. The molecule has 0 aliphatic carbocycles. The maximum atomic E-state index is 5.86. The van der Waals surface area contributed by atoms with Gasteiger partial charge in [-0.15, -0.1) is 0 Å². The number of fused-ring (bicyclic) bond motifs is 11. The van der Waals surface area contributed by atoms with Gasteiger partial charge < -0.3 is 9.13 Å². The van der Waals surface area contributed by atoms with Crippen molar-refractivity contribution in [1.29, 1.82) is 0 Å². The minimum Gasteiger partial charge on any atom is -0.309 e. The third-order valence-corrected chi connectivity index (χ3v) is 15.0. The van der Waals surface area contributed by atoms with E-state index < -0.39 is 5.41 Å². The van der Waals surface area contributed by atoms with Crippen molar-refractivity contribution in [3.8, 4) is 17.2 Å². The SMILES string of the molecule is c1ccc(C2(c3ccccc3)c3ccccc3N(c3cc(-n4c5ccccc5c5ccccc54)cc(-n4c5ccccc5c5cc(-n6c7ccccc7c7ccccc76)ccc54)n3)c3cnccc32)cc1. The van der Waals surface area contributed by atoms with Crippen LogP contribution in [0.3, 0.4) is 0 Å². The first-order valence-corrected chi connectivity index (χ1v) is 24.2. The van der Waals surface area contributed by atoms with Crippen molar-refractivity contribution in [2.75, 3.05) is 4.90 Å². The maximum absolute atomic E-state index is 5.86. The van der Waals surface area contributed by atoms with Gasteiger partial charge in [0.25, 0.3) is 0 Å². The van der Waals surface area contributed by atoms with Crippen LogP contribution in [0.2, 0.25) is 0 Å². The Hall–Kier alpha value is -9.52. The van der Waals surface area contributed by atoms with Crippen molar-refractivity contribution < 1.29 is 0 Å². The highest BCUT2D eigenvalue weighted by Gasteiger charge is 2.47. The molecule has 0 unspecified atom stereocenters. The van der Waals surface area contributed by atoms with E-state index in [2.05, 4.69) is 261 Å². The van der Waals surface area contributed by atoms with Gasteiger partial charge in [-0.25, -0.2) is 4.98 Å². The quantitative estimate of drug-likeness (QED) is 0.167. The molecule has 5 aromatic heterocycles. The lowest BCUT2D eigenvalue weighted by atomic mass is 9.62. The summed E-state index contributed by atoms with van der Waals surface area (Å²) in [7, 11) is 0. The van der Waals surface area contributed by atoms with Crippen LogP contribution in [-0.4, -0.2) is 23.7 Å². The van der Waals surface area contributed by atoms with Gasteiger partial charge in [0.05, 0.1) is 61.8 Å². The molecule has 6 nitrogen and oxygen atoms in total. The highest BCUT2D eigenvalue weighted by atomic mass is 15.2. The van der Waals surface area contributed by atoms with Crippen molar-refractivity contribution in [1.82, 2.24) is 23.7 Å². The van der Waals surface area contributed by atoms with Crippen LogP contribution >= 0.6 is 0 Å². The van der Waals surface area contributed by atoms with E-state index in [1.807, 2.05) is 12.4 Å². The highest BCUT2D eigenvalue weighted by molar-refractivity contribution is 6.13. The first-order valence-electron chi connectivity index (χ1n) is 24.2. The van der Waals surface area contributed by atoms with E-state index in [0.29, 0.717) is 0 Å². The second kappa shape index (κ2) is 15.2. The lowest BCUT2D eigenvalue weighted by Crippen LogP contribution is -2.38. The average Bonchev–Trinajstić information content (AvgIpc) is 4.08. The molecule has 0 radical (unpaired) electrons. The van der Waals surface area contributed by atoms with Gasteiger partial charge in [-0.05, 0) is 82.9 Å². The van der Waals surface area contributed by atoms with Crippen LogP contribution in [-0.2, 0) is 5.41 Å². The first kappa shape index (κ1) is 39.5. The molecule has 1 aliphatic rings. The number of hydrogen-bond donors (Lipinski definition) is 0. The Morgan fingerprint density at radius 2 is 0.746 bits per heavy atom. The molecule has 15 rings (SSSR count). The smallest absolute Gasteiger partial charge is 0.142 e. The molecule has 0 fully saturated rings. The predicted octanol–water partition coefficient (Wildman–Crippen LogP) is 15.9. The van der Waals surface area contributed by atoms with Crippen molar-refractivity contribution in [3.63, 3.8) is 0 Å². The largest absolute Gasteiger partial charge is 0.309 e. The number of nitrogens with zero attached hydrogens (tertiary/aromatic N) is 6. The molecule has 0 amide bonds. The molecular weight excluding hydrogens is 865 g/mol. The predicted molar refractivity (Wildman–Crippen MR) is 292 cm³/mol. The summed E-state index contributed by atoms with van der Waals surface area (Å²) >= 11 is 0. The number of pyridine rings is 2. The van der Waals surface area contributed by atoms with Gasteiger partial charge in [0.1, 0.15) is 11.6 Å². The number of anilines is 3. The Bertz CT molecular complexity index is 4230. The van der Waals surface area contributed by atoms with E-state index in [1.165, 1.54) is 43.7 Å². The molecule has 14 aromatic rings. The fraction of sp³-hybridized carbons (Fsp3) is 0.0154. The third-order valence-electron chi connectivity index (χ3n) is 15.0. The second-order valence-electron chi connectivity index (χ2n) is 18.6. The van der Waals surface area contributed by atoms with E-state index in [-0.39, 0.29) is 0 Å². The molecule has 9 aromatic carbocycles. The fourth-order valence-electron chi connectivity index (χ4n) is 12.1. The third kappa shape index (κ3) is 5.58. The van der Waals surface area contributed by atoms with Crippen LogP contribution in [0.25, 0.3) is 82.6 Å². The van der Waals surface area contributed by atoms with Crippen LogP contribution < -0.4 is 4.90 Å². The van der Waals surface area contributed by atoms with E-state index in [1.54, 1.807) is 0 Å². The van der Waals surface area contributed by atoms with Gasteiger partial charge in [0.2, 0.25) is 0 Å². The van der Waals surface area contributed by atoms with Crippen LogP contribution in [0.15, 0.2) is 255 Å². The number of benzene rings is 9. The number of rotatable bonds is 6. The van der Waals surface area contributed by atoms with E-state index in [9.17, 15) is 0 Å². The number of aromatic nitrogens is 5. The average molecular weight is 907 g/mol. The monoisotopic (exact) mass is 906 g/mol. The summed E-state index contributed by atoms with van der Waals surface area (Å²) in [5, 5.41) is 7.19. The van der Waals surface area contributed by atoms with Crippen molar-refractivity contribution >= 4 is 82.6 Å². The van der Waals surface area contributed by atoms with Crippen LogP contribution in [0, 0.1) is 0 Å². The molecular formula is C65H42N6. The van der Waals surface area contributed by atoms with E-state index in [4.69, 9.17) is 9.97 Å². The van der Waals surface area contributed by atoms with Crippen LogP contribution in [0.5, 0.6) is 0 Å². The Morgan fingerprint density at radius 1 is 0.310 bits per heavy atom. The lowest BCUT2D eigenvalue weighted by Gasteiger charge is -2.45. The minimum atomic E-state index is -0.651. The topological polar surface area (TPSA) is 43.8 Å². The summed E-state index contributed by atoms with van der Waals surface area (Å²) < 4.78 is 7.17. The molecule has 0 saturated heterocycles. The van der Waals surface area contributed by atoms with Crippen molar-refractivity contribution in [2.45, 2.75) is 5.41 Å². The van der Waals surface area contributed by atoms with Gasteiger partial charge in [0, 0.05) is 56.3 Å². The van der Waals surface area contributed by atoms with Gasteiger partial charge in [0.15, 0.2) is 0 Å². The van der Waals surface area contributed by atoms with E-state index in [0.717, 1.165) is 78.4 Å². The lowest BCUT2D eigenvalue weighted by molar-refractivity contribution is 0.727. The second-order valence-corrected chi connectivity index (χ2v) is 18.6. The summed E-state index contributed by atoms with van der Waals surface area (Å²) in [6.45, 7) is 0. The molecule has 1 aliphatic heterocycles. The fourth-order valence-corrected chi connectivity index (χ4v) is 12.1. The zero-order valence-electron chi connectivity index (χ0n) is 38.4. The summed E-state index contributed by atoms with van der Waals surface area (Å²) in [4.78, 5) is 13.1. The summed E-state index contributed by atoms with van der Waals surface area (Å²) in [5.41, 5.74) is 14.9. The molecule has 6 heteroatoms. The van der Waals surface area contributed by atoms with Gasteiger partial charge in [-0.3, -0.25) is 14.5 Å². The standard InChI is InChI=1S/C65H42N6/c1-3-19-43(20-4-1)65(44-21-5-2-6-22-44)53-28-12-18-34-61(53)71(62-42-66-38-37-54(62)65)64-41-46(69-57-31-15-9-25-49(57)50-26-10-16-32-58(50)69)40-63(67-64)70-59-33-17-11-27-51(59)52-39-45(35-36-60(52)70)68-55-29-13-7-23-47(55)48-24-8-14-30-56(48)68/h1-42H. The Labute approximate surface area is 409 Å². The Balaban J connectivity index is 1.03. The summed E-state index contributed by atoms with van der Waals surface area (Å²) in [6, 6.07) is 88.0. The van der Waals surface area contributed by atoms with Gasteiger partial charge >= 0.3 is 0 Å². The molecule has 332 valence electrons. The molecule has 0 saturated carbocycles. The Morgan fingerprint density at radius 3 is 1.32 bits per heavy atom. The summed E-state index contributed by atoms with van der Waals surface area (Å²) in [5.74, 6) is 1.59. The Kier molecular flexibility index (Phi) is 8.47. The zero-order valence-corrected chi connectivity index (χ0v) is 38.4. The molecule has 0 bridgehead atoms. The van der Waals surface area contributed by atoms with Crippen LogP contribution in [0.4, 0.5) is 17.2 Å². The number of hydrogen-bond acceptors (Lipinski definition) is 3. The minimum absolute atomic E-state index is 0.651. The molecule has 71 heavy (non-hydrogen) atoms. The molecule has 0 atom stereocenters. The molecule has 6 heterocycles. The van der Waals surface area contributed by atoms with Crippen molar-refractivity contribution in [3.05, 3.63) is 277 Å². The summed E-state index contributed by atoms with van der Waals surface area (Å²) in [6.07, 6.45) is 3.96. The molecule has 0 spiro atoms. The maximum Gasteiger partial charge on any atom is 0.142 e. The van der Waals surface area contributed by atoms with Gasteiger partial charge in [-0.1, -0.05) is 170 Å². The van der Waals surface area contributed by atoms with Crippen molar-refractivity contribution in [2.24, 2.45) is 0 Å². The first-order chi connectivity index (χ1) is 35.3. The van der Waals surface area contributed by atoms with E-state index >= 15 is 0 Å². The number of para-hydroxylation sites is 6.